The number of amides is 1. The van der Waals surface area contributed by atoms with E-state index in [1.54, 1.807) is 25.1 Å². The van der Waals surface area contributed by atoms with E-state index >= 15 is 0 Å². The van der Waals surface area contributed by atoms with E-state index < -0.39 is 5.91 Å². The van der Waals surface area contributed by atoms with E-state index in [0.717, 1.165) is 19.9 Å². The summed E-state index contributed by atoms with van der Waals surface area (Å²) in [6.45, 7) is 3.59. The number of fused-ring (bicyclic) bond motifs is 1. The molecule has 7 heteroatoms. The number of halogens is 2. The molecule has 0 saturated carbocycles. The molecule has 0 unspecified atom stereocenters. The molecule has 2 aromatic carbocycles. The second kappa shape index (κ2) is 7.01. The molecule has 0 saturated heterocycles. The first-order valence-electron chi connectivity index (χ1n) is 7.38. The Labute approximate surface area is 161 Å². The van der Waals surface area contributed by atoms with E-state index in [0.29, 0.717) is 16.9 Å². The highest BCUT2D eigenvalue weighted by Crippen LogP contribution is 2.31. The fourth-order valence-corrected chi connectivity index (χ4v) is 3.72. The summed E-state index contributed by atoms with van der Waals surface area (Å²) in [5.74, 6) is -0.198. The molecule has 128 valence electrons. The summed E-state index contributed by atoms with van der Waals surface area (Å²) >= 11 is 6.81. The highest BCUT2D eigenvalue weighted by Gasteiger charge is 2.14. The van der Waals surface area contributed by atoms with Crippen molar-refractivity contribution in [1.29, 1.82) is 0 Å². The van der Waals surface area contributed by atoms with E-state index in [2.05, 4.69) is 42.4 Å². The SMILES string of the molecule is CC(=NNC(=O)c1cc2cc(Br)cc(Br)c2o1)c1ccc(C)cc1O. The number of hydrazone groups is 1. The smallest absolute Gasteiger partial charge is 0.307 e. The van der Waals surface area contributed by atoms with Crippen LogP contribution < -0.4 is 5.43 Å². The molecule has 0 radical (unpaired) electrons. The third kappa shape index (κ3) is 3.77. The van der Waals surface area contributed by atoms with Crippen molar-refractivity contribution in [3.05, 3.63) is 62.2 Å². The topological polar surface area (TPSA) is 74.8 Å². The van der Waals surface area contributed by atoms with Crippen molar-refractivity contribution in [2.24, 2.45) is 5.10 Å². The molecule has 1 heterocycles. The number of benzene rings is 2. The van der Waals surface area contributed by atoms with Crippen LogP contribution in [-0.4, -0.2) is 16.7 Å². The van der Waals surface area contributed by atoms with Gasteiger partial charge in [-0.3, -0.25) is 4.79 Å². The zero-order chi connectivity index (χ0) is 18.1. The maximum Gasteiger partial charge on any atom is 0.307 e. The van der Waals surface area contributed by atoms with Crippen molar-refractivity contribution in [1.82, 2.24) is 5.43 Å². The molecule has 3 aromatic rings. The van der Waals surface area contributed by atoms with Gasteiger partial charge < -0.3 is 9.52 Å². The number of nitrogens with one attached hydrogen (secondary N) is 1. The molecule has 2 N–H and O–H groups in total. The van der Waals surface area contributed by atoms with Gasteiger partial charge in [-0.2, -0.15) is 5.10 Å². The van der Waals surface area contributed by atoms with Gasteiger partial charge in [0.05, 0.1) is 10.2 Å². The Morgan fingerprint density at radius 1 is 1.20 bits per heavy atom. The highest BCUT2D eigenvalue weighted by molar-refractivity contribution is 9.11. The molecular weight excluding hydrogens is 452 g/mol. The van der Waals surface area contributed by atoms with E-state index in [1.165, 1.54) is 0 Å². The summed E-state index contributed by atoms with van der Waals surface area (Å²) in [4.78, 5) is 12.3. The predicted octanol–water partition coefficient (Wildman–Crippen LogP) is 5.13. The summed E-state index contributed by atoms with van der Waals surface area (Å²) in [6.07, 6.45) is 0. The number of aryl methyl sites for hydroxylation is 1. The van der Waals surface area contributed by atoms with Gasteiger partial charge in [-0.25, -0.2) is 5.43 Å². The van der Waals surface area contributed by atoms with Crippen LogP contribution in [0.15, 0.2) is 54.9 Å². The first kappa shape index (κ1) is 17.7. The monoisotopic (exact) mass is 464 g/mol. The molecule has 0 spiro atoms. The molecule has 3 rings (SSSR count). The molecule has 25 heavy (non-hydrogen) atoms. The van der Waals surface area contributed by atoms with Gasteiger partial charge in [0.2, 0.25) is 0 Å². The number of phenols is 1. The second-order valence-corrected chi connectivity index (χ2v) is 7.35. The van der Waals surface area contributed by atoms with Crippen molar-refractivity contribution in [2.75, 3.05) is 0 Å². The number of carbonyl (C=O) groups is 1. The number of aromatic hydroxyl groups is 1. The Bertz CT molecular complexity index is 1010. The molecule has 0 aliphatic carbocycles. The Balaban J connectivity index is 1.83. The number of hydrogen-bond acceptors (Lipinski definition) is 4. The maximum atomic E-state index is 12.3. The lowest BCUT2D eigenvalue weighted by atomic mass is 10.1. The van der Waals surface area contributed by atoms with E-state index in [4.69, 9.17) is 4.42 Å². The van der Waals surface area contributed by atoms with E-state index in [1.807, 2.05) is 25.1 Å². The summed E-state index contributed by atoms with van der Waals surface area (Å²) in [5.41, 5.74) is 5.03. The van der Waals surface area contributed by atoms with Gasteiger partial charge in [0.15, 0.2) is 5.76 Å². The van der Waals surface area contributed by atoms with Gasteiger partial charge in [0.25, 0.3) is 0 Å². The van der Waals surface area contributed by atoms with E-state index in [-0.39, 0.29) is 11.5 Å². The van der Waals surface area contributed by atoms with Crippen LogP contribution in [0.25, 0.3) is 11.0 Å². The number of hydrogen-bond donors (Lipinski definition) is 2. The summed E-state index contributed by atoms with van der Waals surface area (Å²) in [6, 6.07) is 10.6. The standard InChI is InChI=1S/C18H14Br2N2O3/c1-9-3-4-13(15(23)5-9)10(2)21-22-18(24)16-7-11-6-12(19)8-14(20)17(11)25-16/h3-8,23H,1-2H3,(H,22,24). The summed E-state index contributed by atoms with van der Waals surface area (Å²) < 4.78 is 7.22. The minimum atomic E-state index is -0.467. The van der Waals surface area contributed by atoms with Crippen molar-refractivity contribution in [3.63, 3.8) is 0 Å². The zero-order valence-electron chi connectivity index (χ0n) is 13.4. The minimum Gasteiger partial charge on any atom is -0.507 e. The van der Waals surface area contributed by atoms with Gasteiger partial charge in [-0.05, 0) is 65.7 Å². The Kier molecular flexibility index (Phi) is 4.96. The van der Waals surface area contributed by atoms with Gasteiger partial charge in [-0.1, -0.05) is 22.0 Å². The molecule has 0 aliphatic heterocycles. The lowest BCUT2D eigenvalue weighted by Crippen LogP contribution is -2.18. The van der Waals surface area contributed by atoms with Crippen LogP contribution in [0, 0.1) is 6.92 Å². The van der Waals surface area contributed by atoms with Crippen LogP contribution in [0.1, 0.15) is 28.6 Å². The maximum absolute atomic E-state index is 12.3. The molecule has 0 bridgehead atoms. The van der Waals surface area contributed by atoms with Crippen LogP contribution in [0.3, 0.4) is 0 Å². The van der Waals surface area contributed by atoms with Gasteiger partial charge >= 0.3 is 5.91 Å². The van der Waals surface area contributed by atoms with Crippen LogP contribution in [-0.2, 0) is 0 Å². The average molecular weight is 466 g/mol. The molecule has 0 aliphatic rings. The second-order valence-electron chi connectivity index (χ2n) is 5.58. The fraction of sp³-hybridized carbons (Fsp3) is 0.111. The molecule has 0 fully saturated rings. The number of phenolic OH excluding ortho intramolecular Hbond substituents is 1. The lowest BCUT2D eigenvalue weighted by molar-refractivity contribution is 0.0929. The highest BCUT2D eigenvalue weighted by atomic mass is 79.9. The molecule has 5 nitrogen and oxygen atoms in total. The van der Waals surface area contributed by atoms with Crippen LogP contribution in [0.4, 0.5) is 0 Å². The summed E-state index contributed by atoms with van der Waals surface area (Å²) in [7, 11) is 0. The third-order valence-electron chi connectivity index (χ3n) is 3.63. The number of nitrogens with zero attached hydrogens (tertiary/aromatic N) is 1. The fourth-order valence-electron chi connectivity index (χ4n) is 2.39. The van der Waals surface area contributed by atoms with Crippen LogP contribution >= 0.6 is 31.9 Å². The first-order valence-corrected chi connectivity index (χ1v) is 8.97. The lowest BCUT2D eigenvalue weighted by Gasteiger charge is -2.05. The van der Waals surface area contributed by atoms with Crippen molar-refractivity contribution in [2.45, 2.75) is 13.8 Å². The Hall–Kier alpha value is -2.12. The number of rotatable bonds is 3. The first-order chi connectivity index (χ1) is 11.8. The molecule has 0 atom stereocenters. The van der Waals surface area contributed by atoms with Crippen molar-refractivity contribution < 1.29 is 14.3 Å². The third-order valence-corrected chi connectivity index (χ3v) is 4.67. The Morgan fingerprint density at radius 3 is 2.68 bits per heavy atom. The largest absolute Gasteiger partial charge is 0.507 e. The van der Waals surface area contributed by atoms with Crippen molar-refractivity contribution >= 4 is 54.4 Å². The predicted molar refractivity (Wildman–Crippen MR) is 104 cm³/mol. The number of carbonyl (C=O) groups excluding carboxylic acids is 1. The van der Waals surface area contributed by atoms with Gasteiger partial charge in [0, 0.05) is 15.4 Å². The quantitative estimate of drug-likeness (QED) is 0.416. The number of furan rings is 1. The van der Waals surface area contributed by atoms with Gasteiger partial charge in [-0.15, -0.1) is 0 Å². The average Bonchev–Trinajstić information content (AvgIpc) is 2.96. The van der Waals surface area contributed by atoms with Crippen LogP contribution in [0.2, 0.25) is 0 Å². The van der Waals surface area contributed by atoms with Crippen LogP contribution in [0.5, 0.6) is 5.75 Å². The van der Waals surface area contributed by atoms with E-state index in [9.17, 15) is 9.90 Å². The van der Waals surface area contributed by atoms with Crippen molar-refractivity contribution in [3.8, 4) is 5.75 Å². The van der Waals surface area contributed by atoms with Gasteiger partial charge in [0.1, 0.15) is 11.3 Å². The summed E-state index contributed by atoms with van der Waals surface area (Å²) in [5, 5.41) is 14.8. The molecule has 1 aromatic heterocycles. The minimum absolute atomic E-state index is 0.119. The normalized spacial score (nSPS) is 11.8. The Morgan fingerprint density at radius 2 is 1.96 bits per heavy atom. The molecular formula is C18H14Br2N2O3. The zero-order valence-corrected chi connectivity index (χ0v) is 16.6. The molecule has 1 amide bonds.